The number of carbonyl (C=O) groups is 1. The van der Waals surface area contributed by atoms with Crippen LogP contribution in [0.4, 0.5) is 0 Å². The quantitative estimate of drug-likeness (QED) is 0.528. The Morgan fingerprint density at radius 3 is 2.36 bits per heavy atom. The largest absolute Gasteiger partial charge is 0.478 e. The zero-order chi connectivity index (χ0) is 11.6. The highest BCUT2D eigenvalue weighted by atomic mass is 16.4. The lowest BCUT2D eigenvalue weighted by atomic mass is 10.1. The first-order valence-electron chi connectivity index (χ1n) is 4.05. The van der Waals surface area contributed by atoms with E-state index in [1.807, 2.05) is 0 Å². The lowest BCUT2D eigenvalue weighted by molar-refractivity contribution is -0.132. The molecule has 0 aromatic rings. The van der Waals surface area contributed by atoms with Gasteiger partial charge in [0.15, 0.2) is 0 Å². The highest BCUT2D eigenvalue weighted by Gasteiger charge is 2.04. The SMILES string of the molecule is C=C(CCC(C)O)C(=O)O.C=CC#N. The van der Waals surface area contributed by atoms with Gasteiger partial charge >= 0.3 is 5.97 Å². The van der Waals surface area contributed by atoms with E-state index in [9.17, 15) is 4.79 Å². The van der Waals surface area contributed by atoms with E-state index < -0.39 is 12.1 Å². The molecule has 0 amide bonds. The number of aliphatic hydroxyl groups excluding tert-OH is 1. The van der Waals surface area contributed by atoms with Crippen molar-refractivity contribution in [3.63, 3.8) is 0 Å². The van der Waals surface area contributed by atoms with Crippen LogP contribution in [0.1, 0.15) is 19.8 Å². The molecule has 0 saturated heterocycles. The van der Waals surface area contributed by atoms with E-state index in [4.69, 9.17) is 15.5 Å². The average molecular weight is 197 g/mol. The topological polar surface area (TPSA) is 81.3 Å². The average Bonchev–Trinajstić information content (AvgIpc) is 2.14. The lowest BCUT2D eigenvalue weighted by Gasteiger charge is -2.01. The number of carboxylic acid groups (broad SMARTS) is 1. The highest BCUT2D eigenvalue weighted by molar-refractivity contribution is 5.85. The van der Waals surface area contributed by atoms with Gasteiger partial charge in [-0.2, -0.15) is 5.26 Å². The van der Waals surface area contributed by atoms with Gasteiger partial charge in [0, 0.05) is 11.6 Å². The second-order valence-corrected chi connectivity index (χ2v) is 2.63. The molecule has 2 N–H and O–H groups in total. The minimum atomic E-state index is -0.986. The second-order valence-electron chi connectivity index (χ2n) is 2.63. The predicted molar refractivity (Wildman–Crippen MR) is 53.5 cm³/mol. The number of hydrogen-bond acceptors (Lipinski definition) is 3. The fraction of sp³-hybridized carbons (Fsp3) is 0.400. The van der Waals surface area contributed by atoms with Gasteiger partial charge < -0.3 is 10.2 Å². The molecule has 78 valence electrons. The summed E-state index contributed by atoms with van der Waals surface area (Å²) in [6, 6.07) is 1.69. The van der Waals surface area contributed by atoms with Gasteiger partial charge in [-0.1, -0.05) is 13.2 Å². The molecule has 0 aliphatic heterocycles. The van der Waals surface area contributed by atoms with Crippen LogP contribution in [0.5, 0.6) is 0 Å². The van der Waals surface area contributed by atoms with Crippen LogP contribution < -0.4 is 0 Å². The molecule has 0 bridgehead atoms. The standard InChI is InChI=1S/C7H12O3.C3H3N/c1-5(7(9)10)3-4-6(2)8;1-2-3-4/h6,8H,1,3-4H2,2H3,(H,9,10);2H,1H2. The summed E-state index contributed by atoms with van der Waals surface area (Å²) < 4.78 is 0. The van der Waals surface area contributed by atoms with Gasteiger partial charge in [0.1, 0.15) is 0 Å². The van der Waals surface area contributed by atoms with Crippen LogP contribution in [0.2, 0.25) is 0 Å². The van der Waals surface area contributed by atoms with Gasteiger partial charge in [-0.15, -0.1) is 0 Å². The molecule has 0 heterocycles. The van der Waals surface area contributed by atoms with Crippen LogP contribution in [-0.4, -0.2) is 22.3 Å². The Balaban J connectivity index is 0. The van der Waals surface area contributed by atoms with Gasteiger partial charge in [0.05, 0.1) is 12.2 Å². The Hall–Kier alpha value is -1.60. The summed E-state index contributed by atoms with van der Waals surface area (Å²) in [5, 5.41) is 24.6. The number of hydrogen-bond donors (Lipinski definition) is 2. The number of nitrogens with zero attached hydrogens (tertiary/aromatic N) is 1. The molecule has 0 aromatic heterocycles. The van der Waals surface area contributed by atoms with Crippen molar-refractivity contribution in [1.29, 1.82) is 5.26 Å². The molecule has 0 aliphatic carbocycles. The summed E-state index contributed by atoms with van der Waals surface area (Å²) in [6.07, 6.45) is 1.55. The number of aliphatic carboxylic acids is 1. The molecule has 4 nitrogen and oxygen atoms in total. The number of rotatable bonds is 4. The van der Waals surface area contributed by atoms with Crippen LogP contribution >= 0.6 is 0 Å². The third-order valence-electron chi connectivity index (χ3n) is 1.26. The predicted octanol–water partition coefficient (Wildman–Crippen LogP) is 1.48. The number of allylic oxidation sites excluding steroid dienone is 1. The lowest BCUT2D eigenvalue weighted by Crippen LogP contribution is -2.04. The molecular weight excluding hydrogens is 182 g/mol. The smallest absolute Gasteiger partial charge is 0.330 e. The summed E-state index contributed by atoms with van der Waals surface area (Å²) in [4.78, 5) is 10.1. The zero-order valence-corrected chi connectivity index (χ0v) is 8.23. The van der Waals surface area contributed by atoms with Gasteiger partial charge in [-0.05, 0) is 19.8 Å². The number of aliphatic hydroxyl groups is 1. The van der Waals surface area contributed by atoms with Crippen molar-refractivity contribution in [2.24, 2.45) is 0 Å². The van der Waals surface area contributed by atoms with E-state index in [2.05, 4.69) is 13.2 Å². The fourth-order valence-corrected chi connectivity index (χ4v) is 0.490. The van der Waals surface area contributed by atoms with Crippen LogP contribution in [0.25, 0.3) is 0 Å². The maximum Gasteiger partial charge on any atom is 0.330 e. The van der Waals surface area contributed by atoms with E-state index in [-0.39, 0.29) is 5.57 Å². The van der Waals surface area contributed by atoms with E-state index in [0.717, 1.165) is 0 Å². The summed E-state index contributed by atoms with van der Waals surface area (Å²) >= 11 is 0. The maximum atomic E-state index is 10.1. The molecule has 0 rings (SSSR count). The Morgan fingerprint density at radius 1 is 1.71 bits per heavy atom. The first kappa shape index (κ1) is 14.9. The third kappa shape index (κ3) is 13.0. The summed E-state index contributed by atoms with van der Waals surface area (Å²) in [5.74, 6) is -0.986. The Labute approximate surface area is 83.8 Å². The molecule has 0 aromatic carbocycles. The summed E-state index contributed by atoms with van der Waals surface area (Å²) in [7, 11) is 0. The molecule has 0 spiro atoms. The molecule has 0 fully saturated rings. The molecule has 0 saturated carbocycles. The van der Waals surface area contributed by atoms with Gasteiger partial charge in [0.2, 0.25) is 0 Å². The molecule has 0 aliphatic rings. The molecule has 0 radical (unpaired) electrons. The monoisotopic (exact) mass is 197 g/mol. The first-order valence-corrected chi connectivity index (χ1v) is 4.05. The zero-order valence-electron chi connectivity index (χ0n) is 8.23. The Kier molecular flexibility index (Phi) is 10.1. The van der Waals surface area contributed by atoms with Crippen LogP contribution in [0.15, 0.2) is 24.8 Å². The first-order chi connectivity index (χ1) is 6.45. The molecule has 1 unspecified atom stereocenters. The molecule has 4 heteroatoms. The minimum Gasteiger partial charge on any atom is -0.478 e. The summed E-state index contributed by atoms with van der Waals surface area (Å²) in [5.41, 5.74) is 0.154. The molecule has 1 atom stereocenters. The van der Waals surface area contributed by atoms with Gasteiger partial charge in [-0.25, -0.2) is 4.79 Å². The van der Waals surface area contributed by atoms with Gasteiger partial charge in [-0.3, -0.25) is 0 Å². The van der Waals surface area contributed by atoms with Crippen LogP contribution in [0.3, 0.4) is 0 Å². The van der Waals surface area contributed by atoms with Crippen molar-refractivity contribution in [2.75, 3.05) is 0 Å². The second kappa shape index (κ2) is 9.49. The minimum absolute atomic E-state index is 0.154. The van der Waals surface area contributed by atoms with E-state index >= 15 is 0 Å². The van der Waals surface area contributed by atoms with Crippen LogP contribution in [0, 0.1) is 11.3 Å². The maximum absolute atomic E-state index is 10.1. The van der Waals surface area contributed by atoms with E-state index in [1.165, 1.54) is 6.08 Å². The van der Waals surface area contributed by atoms with E-state index in [0.29, 0.717) is 12.8 Å². The van der Waals surface area contributed by atoms with Gasteiger partial charge in [0.25, 0.3) is 0 Å². The molecular formula is C10H15NO3. The highest BCUT2D eigenvalue weighted by Crippen LogP contribution is 2.04. The Morgan fingerprint density at radius 2 is 2.14 bits per heavy atom. The van der Waals surface area contributed by atoms with Crippen molar-refractivity contribution in [3.05, 3.63) is 24.8 Å². The Bertz CT molecular complexity index is 238. The van der Waals surface area contributed by atoms with E-state index in [1.54, 1.807) is 13.0 Å². The number of nitriles is 1. The summed E-state index contributed by atoms with van der Waals surface area (Å²) in [6.45, 7) is 8.05. The van der Waals surface area contributed by atoms with Crippen LogP contribution in [-0.2, 0) is 4.79 Å². The normalized spacial score (nSPS) is 10.1. The fourth-order valence-electron chi connectivity index (χ4n) is 0.490. The van der Waals surface area contributed by atoms with Crippen molar-refractivity contribution >= 4 is 5.97 Å². The third-order valence-corrected chi connectivity index (χ3v) is 1.26. The van der Waals surface area contributed by atoms with Crippen molar-refractivity contribution in [3.8, 4) is 6.07 Å². The van der Waals surface area contributed by atoms with Crippen molar-refractivity contribution in [2.45, 2.75) is 25.9 Å². The van der Waals surface area contributed by atoms with Crippen molar-refractivity contribution in [1.82, 2.24) is 0 Å². The molecule has 14 heavy (non-hydrogen) atoms. The van der Waals surface area contributed by atoms with Crippen molar-refractivity contribution < 1.29 is 15.0 Å². The number of carboxylic acids is 1.